The highest BCUT2D eigenvalue weighted by molar-refractivity contribution is 5.98. The van der Waals surface area contributed by atoms with Crippen LogP contribution in [-0.4, -0.2) is 28.4 Å². The Bertz CT molecular complexity index is 1240. The van der Waals surface area contributed by atoms with Gasteiger partial charge in [0.2, 0.25) is 6.23 Å². The average Bonchev–Trinajstić information content (AvgIpc) is 3.00. The van der Waals surface area contributed by atoms with Gasteiger partial charge in [-0.25, -0.2) is 4.98 Å². The van der Waals surface area contributed by atoms with E-state index in [1.54, 1.807) is 27.0 Å². The van der Waals surface area contributed by atoms with E-state index in [0.717, 1.165) is 5.39 Å². The quantitative estimate of drug-likeness (QED) is 0.500. The van der Waals surface area contributed by atoms with Gasteiger partial charge >= 0.3 is 5.97 Å². The van der Waals surface area contributed by atoms with Crippen LogP contribution in [0.25, 0.3) is 22.3 Å². The van der Waals surface area contributed by atoms with E-state index in [4.69, 9.17) is 14.5 Å². The van der Waals surface area contributed by atoms with Crippen LogP contribution in [-0.2, 0) is 9.53 Å². The zero-order valence-corrected chi connectivity index (χ0v) is 16.6. The molecule has 0 spiro atoms. The highest BCUT2D eigenvalue weighted by Gasteiger charge is 2.35. The van der Waals surface area contributed by atoms with Crippen LogP contribution in [0.5, 0.6) is 5.75 Å². The number of fused-ring (bicyclic) bond motifs is 4. The molecule has 0 saturated heterocycles. The largest absolute Gasteiger partial charge is 0.496 e. The van der Waals surface area contributed by atoms with E-state index >= 15 is 0 Å². The lowest BCUT2D eigenvalue weighted by Crippen LogP contribution is -2.29. The van der Waals surface area contributed by atoms with Crippen molar-refractivity contribution in [1.82, 2.24) is 9.55 Å². The number of nitrogens with zero attached hydrogens (tertiary/aromatic N) is 2. The van der Waals surface area contributed by atoms with Crippen molar-refractivity contribution in [1.29, 1.82) is 0 Å². The van der Waals surface area contributed by atoms with Crippen molar-refractivity contribution in [3.05, 3.63) is 57.4 Å². The lowest BCUT2D eigenvalue weighted by Gasteiger charge is -2.17. The maximum Gasteiger partial charge on any atom is 0.304 e. The van der Waals surface area contributed by atoms with Crippen LogP contribution in [0.2, 0.25) is 0 Å². The molecule has 0 saturated carbocycles. The monoisotopic (exact) mass is 392 g/mol. The lowest BCUT2D eigenvalue weighted by molar-refractivity contribution is -0.148. The molecule has 0 bridgehead atoms. The number of carbonyl (C=O) groups is 2. The summed E-state index contributed by atoms with van der Waals surface area (Å²) in [7, 11) is 1.57. The number of aromatic nitrogens is 2. The van der Waals surface area contributed by atoms with Crippen molar-refractivity contribution in [3.63, 3.8) is 0 Å². The van der Waals surface area contributed by atoms with Gasteiger partial charge in [0.25, 0.3) is 5.56 Å². The minimum absolute atomic E-state index is 0.122. The Balaban J connectivity index is 2.08. The second-order valence-electron chi connectivity index (χ2n) is 6.94. The van der Waals surface area contributed by atoms with Crippen LogP contribution in [0.3, 0.4) is 0 Å². The van der Waals surface area contributed by atoms with Gasteiger partial charge in [0.1, 0.15) is 5.75 Å². The molecule has 0 aliphatic carbocycles. The molecule has 3 aromatic rings. The first-order chi connectivity index (χ1) is 13.9. The number of benzene rings is 1. The standard InChI is InChI=1S/C22H20N2O5/c1-5-18(26)13-10-17-20-15(9-14-16(23-20)7-6-8-19(14)28-4)22(29-12(3)25)24(17)21(27)11(13)2/h6-10,22H,5H2,1-4H3. The summed E-state index contributed by atoms with van der Waals surface area (Å²) in [5, 5.41) is 0.744. The van der Waals surface area contributed by atoms with Crippen LogP contribution >= 0.6 is 0 Å². The Labute approximate surface area is 166 Å². The number of Topliss-reactive ketones (excluding diaryl/α,β-unsaturated/α-hetero) is 1. The molecule has 148 valence electrons. The Hall–Kier alpha value is -3.48. The Morgan fingerprint density at radius 1 is 1.24 bits per heavy atom. The second kappa shape index (κ2) is 6.84. The first-order valence-electron chi connectivity index (χ1n) is 9.32. The molecule has 0 fully saturated rings. The van der Waals surface area contributed by atoms with Crippen molar-refractivity contribution in [3.8, 4) is 17.1 Å². The third kappa shape index (κ3) is 2.81. The molecule has 1 aliphatic heterocycles. The molecule has 2 aromatic heterocycles. The van der Waals surface area contributed by atoms with E-state index in [-0.39, 0.29) is 17.8 Å². The number of methoxy groups -OCH3 is 1. The molecule has 1 aromatic carbocycles. The zero-order valence-electron chi connectivity index (χ0n) is 16.6. The van der Waals surface area contributed by atoms with Crippen LogP contribution in [0.4, 0.5) is 0 Å². The van der Waals surface area contributed by atoms with Crippen molar-refractivity contribution in [2.24, 2.45) is 0 Å². The van der Waals surface area contributed by atoms with Gasteiger partial charge in [0.15, 0.2) is 5.78 Å². The molecule has 29 heavy (non-hydrogen) atoms. The SMILES string of the molecule is CCC(=O)c1cc2n(c(=O)c1C)C(OC(C)=O)c1cc3c(OC)cccc3nc1-2. The van der Waals surface area contributed by atoms with E-state index in [0.29, 0.717) is 39.3 Å². The van der Waals surface area contributed by atoms with Gasteiger partial charge in [-0.2, -0.15) is 0 Å². The van der Waals surface area contributed by atoms with E-state index in [1.165, 1.54) is 11.5 Å². The van der Waals surface area contributed by atoms with Crippen molar-refractivity contribution >= 4 is 22.7 Å². The van der Waals surface area contributed by atoms with Gasteiger partial charge in [-0.1, -0.05) is 13.0 Å². The van der Waals surface area contributed by atoms with Crippen LogP contribution in [0.15, 0.2) is 35.1 Å². The molecule has 1 aliphatic rings. The van der Waals surface area contributed by atoms with Gasteiger partial charge in [-0.15, -0.1) is 0 Å². The molecule has 1 atom stereocenters. The Morgan fingerprint density at radius 3 is 2.66 bits per heavy atom. The minimum Gasteiger partial charge on any atom is -0.496 e. The molecule has 0 radical (unpaired) electrons. The number of pyridine rings is 2. The molecular formula is C22H20N2O5. The molecule has 0 amide bonds. The molecule has 0 N–H and O–H groups in total. The summed E-state index contributed by atoms with van der Waals surface area (Å²) in [6.07, 6.45) is -0.664. The summed E-state index contributed by atoms with van der Waals surface area (Å²) in [6.45, 7) is 4.65. The summed E-state index contributed by atoms with van der Waals surface area (Å²) in [4.78, 5) is 42.0. The molecule has 7 nitrogen and oxygen atoms in total. The van der Waals surface area contributed by atoms with Crippen LogP contribution < -0.4 is 10.3 Å². The van der Waals surface area contributed by atoms with E-state index in [1.807, 2.05) is 24.3 Å². The van der Waals surface area contributed by atoms with Crippen molar-refractivity contribution < 1.29 is 19.1 Å². The highest BCUT2D eigenvalue weighted by Crippen LogP contribution is 2.41. The van der Waals surface area contributed by atoms with Gasteiger partial charge in [-0.05, 0) is 31.2 Å². The van der Waals surface area contributed by atoms with Gasteiger partial charge in [0.05, 0.1) is 24.0 Å². The summed E-state index contributed by atoms with van der Waals surface area (Å²) in [5.74, 6) is -0.0177. The number of carbonyl (C=O) groups excluding carboxylic acids is 2. The first kappa shape index (κ1) is 18.9. The summed E-state index contributed by atoms with van der Waals surface area (Å²) in [6, 6.07) is 8.98. The smallest absolute Gasteiger partial charge is 0.304 e. The fourth-order valence-electron chi connectivity index (χ4n) is 3.78. The predicted octanol–water partition coefficient (Wildman–Crippen LogP) is 3.40. The second-order valence-corrected chi connectivity index (χ2v) is 6.94. The van der Waals surface area contributed by atoms with Crippen LogP contribution in [0.1, 0.15) is 48.0 Å². The summed E-state index contributed by atoms with van der Waals surface area (Å²) in [5.41, 5.74) is 2.55. The third-order valence-electron chi connectivity index (χ3n) is 5.20. The maximum atomic E-state index is 13.1. The first-order valence-corrected chi connectivity index (χ1v) is 9.32. The normalized spacial score (nSPS) is 14.4. The number of ether oxygens (including phenoxy) is 2. The fraction of sp³-hybridized carbons (Fsp3) is 0.273. The fourth-order valence-corrected chi connectivity index (χ4v) is 3.78. The molecular weight excluding hydrogens is 372 g/mol. The number of ketones is 1. The number of rotatable bonds is 4. The number of esters is 1. The number of hydrogen-bond acceptors (Lipinski definition) is 6. The van der Waals surface area contributed by atoms with Crippen LogP contribution in [0, 0.1) is 6.92 Å². The molecule has 3 heterocycles. The van der Waals surface area contributed by atoms with Crippen molar-refractivity contribution in [2.75, 3.05) is 7.11 Å². The van der Waals surface area contributed by atoms with Gasteiger partial charge in [-0.3, -0.25) is 19.0 Å². The topological polar surface area (TPSA) is 87.5 Å². The molecule has 7 heteroatoms. The van der Waals surface area contributed by atoms with E-state index in [9.17, 15) is 14.4 Å². The minimum atomic E-state index is -0.948. The zero-order chi connectivity index (χ0) is 20.9. The molecule has 1 unspecified atom stereocenters. The Kier molecular flexibility index (Phi) is 4.45. The molecule has 4 rings (SSSR count). The summed E-state index contributed by atoms with van der Waals surface area (Å²) < 4.78 is 12.3. The van der Waals surface area contributed by atoms with Crippen molar-refractivity contribution in [2.45, 2.75) is 33.4 Å². The predicted molar refractivity (Wildman–Crippen MR) is 107 cm³/mol. The highest BCUT2D eigenvalue weighted by atomic mass is 16.6. The maximum absolute atomic E-state index is 13.1. The third-order valence-corrected chi connectivity index (χ3v) is 5.20. The van der Waals surface area contributed by atoms with E-state index in [2.05, 4.69) is 0 Å². The Morgan fingerprint density at radius 2 is 2.00 bits per heavy atom. The van der Waals surface area contributed by atoms with Gasteiger partial charge in [0, 0.05) is 35.4 Å². The average molecular weight is 392 g/mol. The number of hydrogen-bond donors (Lipinski definition) is 0. The van der Waals surface area contributed by atoms with Gasteiger partial charge < -0.3 is 9.47 Å². The summed E-state index contributed by atoms with van der Waals surface area (Å²) >= 11 is 0. The lowest BCUT2D eigenvalue weighted by atomic mass is 10.0. The van der Waals surface area contributed by atoms with E-state index < -0.39 is 12.2 Å².